The summed E-state index contributed by atoms with van der Waals surface area (Å²) in [7, 11) is 3.25. The summed E-state index contributed by atoms with van der Waals surface area (Å²) in [5, 5.41) is 4.27. The molecule has 2 aromatic heterocycles. The SMILES string of the molecule is CCCCCNc1ccc2cc(-c3cc(OC)cc(OC)c3)c(N)nc2n1. The lowest BCUT2D eigenvalue weighted by Gasteiger charge is -2.12. The highest BCUT2D eigenvalue weighted by Gasteiger charge is 2.11. The van der Waals surface area contributed by atoms with Gasteiger partial charge in [-0.15, -0.1) is 0 Å². The normalized spacial score (nSPS) is 10.8. The minimum absolute atomic E-state index is 0.424. The second-order valence-corrected chi connectivity index (χ2v) is 6.40. The summed E-state index contributed by atoms with van der Waals surface area (Å²) < 4.78 is 10.7. The summed E-state index contributed by atoms with van der Waals surface area (Å²) >= 11 is 0. The Kier molecular flexibility index (Phi) is 5.96. The molecule has 142 valence electrons. The molecule has 6 nitrogen and oxygen atoms in total. The molecule has 3 aromatic rings. The maximum atomic E-state index is 6.24. The number of hydrogen-bond acceptors (Lipinski definition) is 6. The van der Waals surface area contributed by atoms with Crippen LogP contribution in [0.5, 0.6) is 11.5 Å². The van der Waals surface area contributed by atoms with Gasteiger partial charge in [-0.05, 0) is 42.3 Å². The summed E-state index contributed by atoms with van der Waals surface area (Å²) in [5.74, 6) is 2.65. The number of methoxy groups -OCH3 is 2. The van der Waals surface area contributed by atoms with Gasteiger partial charge in [-0.25, -0.2) is 9.97 Å². The number of nitrogens with one attached hydrogen (secondary N) is 1. The summed E-state index contributed by atoms with van der Waals surface area (Å²) in [6, 6.07) is 11.6. The van der Waals surface area contributed by atoms with Crippen LogP contribution in [-0.2, 0) is 0 Å². The van der Waals surface area contributed by atoms with Gasteiger partial charge < -0.3 is 20.5 Å². The van der Waals surface area contributed by atoms with Gasteiger partial charge in [-0.3, -0.25) is 0 Å². The van der Waals surface area contributed by atoms with Gasteiger partial charge in [0.05, 0.1) is 14.2 Å². The minimum atomic E-state index is 0.424. The molecule has 3 N–H and O–H groups in total. The van der Waals surface area contributed by atoms with Crippen molar-refractivity contribution >= 4 is 22.7 Å². The van der Waals surface area contributed by atoms with Gasteiger partial charge in [0, 0.05) is 23.6 Å². The molecule has 2 heterocycles. The van der Waals surface area contributed by atoms with E-state index in [1.54, 1.807) is 14.2 Å². The average molecular weight is 366 g/mol. The number of rotatable bonds is 8. The molecule has 0 saturated carbocycles. The number of aromatic nitrogens is 2. The van der Waals surface area contributed by atoms with Gasteiger partial charge in [-0.2, -0.15) is 0 Å². The van der Waals surface area contributed by atoms with E-state index in [2.05, 4.69) is 22.2 Å². The molecular formula is C21H26N4O2. The van der Waals surface area contributed by atoms with Gasteiger partial charge in [0.2, 0.25) is 0 Å². The first kappa shape index (κ1) is 18.8. The van der Waals surface area contributed by atoms with E-state index in [0.29, 0.717) is 23.0 Å². The molecule has 0 bridgehead atoms. The number of ether oxygens (including phenoxy) is 2. The smallest absolute Gasteiger partial charge is 0.163 e. The van der Waals surface area contributed by atoms with E-state index in [0.717, 1.165) is 35.3 Å². The second kappa shape index (κ2) is 8.58. The predicted octanol–water partition coefficient (Wildman–Crippen LogP) is 4.50. The van der Waals surface area contributed by atoms with Crippen LogP contribution >= 0.6 is 0 Å². The number of pyridine rings is 2. The van der Waals surface area contributed by atoms with E-state index >= 15 is 0 Å². The van der Waals surface area contributed by atoms with Crippen LogP contribution in [-0.4, -0.2) is 30.7 Å². The van der Waals surface area contributed by atoms with E-state index < -0.39 is 0 Å². The molecule has 0 radical (unpaired) electrons. The Morgan fingerprint density at radius 3 is 2.37 bits per heavy atom. The van der Waals surface area contributed by atoms with Crippen LogP contribution in [0.1, 0.15) is 26.2 Å². The fourth-order valence-corrected chi connectivity index (χ4v) is 2.95. The number of nitrogen functional groups attached to an aromatic ring is 1. The second-order valence-electron chi connectivity index (χ2n) is 6.40. The molecule has 0 atom stereocenters. The zero-order chi connectivity index (χ0) is 19.2. The highest BCUT2D eigenvalue weighted by atomic mass is 16.5. The fourth-order valence-electron chi connectivity index (χ4n) is 2.95. The highest BCUT2D eigenvalue weighted by molar-refractivity contribution is 5.88. The van der Waals surface area contributed by atoms with Gasteiger partial charge in [0.25, 0.3) is 0 Å². The quantitative estimate of drug-likeness (QED) is 0.571. The number of nitrogens with zero attached hydrogens (tertiary/aromatic N) is 2. The third kappa shape index (κ3) is 4.39. The molecule has 1 aromatic carbocycles. The molecule has 0 unspecified atom stereocenters. The first-order chi connectivity index (χ1) is 13.1. The van der Waals surface area contributed by atoms with Crippen molar-refractivity contribution in [1.82, 2.24) is 9.97 Å². The van der Waals surface area contributed by atoms with Crippen molar-refractivity contribution in [2.45, 2.75) is 26.2 Å². The van der Waals surface area contributed by atoms with E-state index in [-0.39, 0.29) is 0 Å². The number of unbranched alkanes of at least 4 members (excludes halogenated alkanes) is 2. The minimum Gasteiger partial charge on any atom is -0.497 e. The predicted molar refractivity (Wildman–Crippen MR) is 111 cm³/mol. The molecule has 0 aliphatic rings. The Bertz CT molecular complexity index is 905. The largest absolute Gasteiger partial charge is 0.497 e. The van der Waals surface area contributed by atoms with Crippen molar-refractivity contribution in [1.29, 1.82) is 0 Å². The third-order valence-electron chi connectivity index (χ3n) is 4.46. The van der Waals surface area contributed by atoms with Crippen molar-refractivity contribution in [3.8, 4) is 22.6 Å². The molecule has 0 fully saturated rings. The molecular weight excluding hydrogens is 340 g/mol. The molecule has 6 heteroatoms. The highest BCUT2D eigenvalue weighted by Crippen LogP contribution is 2.33. The van der Waals surface area contributed by atoms with Gasteiger partial charge in [-0.1, -0.05) is 19.8 Å². The Balaban J connectivity index is 1.93. The fraction of sp³-hybridized carbons (Fsp3) is 0.333. The maximum Gasteiger partial charge on any atom is 0.163 e. The van der Waals surface area contributed by atoms with E-state index in [1.807, 2.05) is 36.4 Å². The Labute approximate surface area is 159 Å². The first-order valence-corrected chi connectivity index (χ1v) is 9.19. The van der Waals surface area contributed by atoms with Crippen molar-refractivity contribution in [2.75, 3.05) is 31.8 Å². The summed E-state index contributed by atoms with van der Waals surface area (Å²) in [4.78, 5) is 9.10. The van der Waals surface area contributed by atoms with Crippen LogP contribution in [0, 0.1) is 0 Å². The summed E-state index contributed by atoms with van der Waals surface area (Å²) in [5.41, 5.74) is 8.58. The summed E-state index contributed by atoms with van der Waals surface area (Å²) in [6.45, 7) is 3.10. The number of anilines is 2. The van der Waals surface area contributed by atoms with Gasteiger partial charge >= 0.3 is 0 Å². The number of fused-ring (bicyclic) bond motifs is 1. The lowest BCUT2D eigenvalue weighted by molar-refractivity contribution is 0.394. The van der Waals surface area contributed by atoms with Crippen molar-refractivity contribution in [3.05, 3.63) is 36.4 Å². The number of benzene rings is 1. The maximum absolute atomic E-state index is 6.24. The molecule has 27 heavy (non-hydrogen) atoms. The molecule has 0 aliphatic heterocycles. The molecule has 0 aliphatic carbocycles. The van der Waals surface area contributed by atoms with E-state index in [4.69, 9.17) is 15.2 Å². The van der Waals surface area contributed by atoms with Crippen LogP contribution in [0.4, 0.5) is 11.6 Å². The lowest BCUT2D eigenvalue weighted by Crippen LogP contribution is -2.04. The topological polar surface area (TPSA) is 82.3 Å². The first-order valence-electron chi connectivity index (χ1n) is 9.19. The van der Waals surface area contributed by atoms with Gasteiger partial charge in [0.1, 0.15) is 23.1 Å². The van der Waals surface area contributed by atoms with Crippen LogP contribution in [0.2, 0.25) is 0 Å². The van der Waals surface area contributed by atoms with Crippen LogP contribution < -0.4 is 20.5 Å². The van der Waals surface area contributed by atoms with Crippen molar-refractivity contribution in [2.24, 2.45) is 0 Å². The third-order valence-corrected chi connectivity index (χ3v) is 4.46. The Morgan fingerprint density at radius 1 is 0.963 bits per heavy atom. The average Bonchev–Trinajstić information content (AvgIpc) is 2.70. The van der Waals surface area contributed by atoms with Crippen LogP contribution in [0.25, 0.3) is 22.2 Å². The molecule has 0 amide bonds. The van der Waals surface area contributed by atoms with Crippen molar-refractivity contribution < 1.29 is 9.47 Å². The van der Waals surface area contributed by atoms with Crippen molar-refractivity contribution in [3.63, 3.8) is 0 Å². The van der Waals surface area contributed by atoms with Crippen LogP contribution in [0.15, 0.2) is 36.4 Å². The monoisotopic (exact) mass is 366 g/mol. The Hall–Kier alpha value is -3.02. The van der Waals surface area contributed by atoms with Gasteiger partial charge in [0.15, 0.2) is 5.65 Å². The number of nitrogens with two attached hydrogens (primary N) is 1. The van der Waals surface area contributed by atoms with E-state index in [1.165, 1.54) is 12.8 Å². The number of hydrogen-bond donors (Lipinski definition) is 2. The molecule has 0 saturated heterocycles. The molecule has 3 rings (SSSR count). The van der Waals surface area contributed by atoms with E-state index in [9.17, 15) is 0 Å². The van der Waals surface area contributed by atoms with Crippen LogP contribution in [0.3, 0.4) is 0 Å². The zero-order valence-electron chi connectivity index (χ0n) is 16.1. The zero-order valence-corrected chi connectivity index (χ0v) is 16.1. The standard InChI is InChI=1S/C21H26N4O2/c1-4-5-6-9-23-19-8-7-14-12-18(20(22)25-21(14)24-19)15-10-16(26-2)13-17(11-15)27-3/h7-8,10-13H,4-6,9H2,1-3H3,(H3,22,23,24,25). The summed E-state index contributed by atoms with van der Waals surface area (Å²) in [6.07, 6.45) is 3.53. The Morgan fingerprint density at radius 2 is 1.70 bits per heavy atom. The lowest BCUT2D eigenvalue weighted by atomic mass is 10.0. The molecule has 0 spiro atoms.